The predicted molar refractivity (Wildman–Crippen MR) is 78.4 cm³/mol. The van der Waals surface area contributed by atoms with Crippen LogP contribution in [0.3, 0.4) is 0 Å². The number of hydrogen-bond acceptors (Lipinski definition) is 2. The molecule has 100 valence electrons. The van der Waals surface area contributed by atoms with E-state index in [0.29, 0.717) is 5.76 Å². The maximum Gasteiger partial charge on any atom is 0.131 e. The zero-order chi connectivity index (χ0) is 13.7. The third-order valence-corrected chi connectivity index (χ3v) is 2.79. The molecular formula is C17H20O2. The van der Waals surface area contributed by atoms with Gasteiger partial charge in [0.25, 0.3) is 0 Å². The fraction of sp³-hybridized carbons (Fsp3) is 0.294. The maximum atomic E-state index is 5.71. The summed E-state index contributed by atoms with van der Waals surface area (Å²) in [6.07, 6.45) is 6.26. The Bertz CT molecular complexity index is 496. The van der Waals surface area contributed by atoms with Crippen molar-refractivity contribution in [1.29, 1.82) is 0 Å². The molecule has 1 aliphatic carbocycles. The molecule has 0 N–H and O–H groups in total. The summed E-state index contributed by atoms with van der Waals surface area (Å²) < 4.78 is 11.3. The SMILES string of the molecule is C=C(C)/C=C\C(=C)Oc1cccc(OCC2CC2)c1. The molecule has 1 aromatic rings. The molecule has 1 saturated carbocycles. The number of rotatable bonds is 7. The monoisotopic (exact) mass is 256 g/mol. The zero-order valence-electron chi connectivity index (χ0n) is 11.4. The first-order valence-corrected chi connectivity index (χ1v) is 6.56. The molecule has 0 radical (unpaired) electrons. The first-order chi connectivity index (χ1) is 9.13. The fourth-order valence-corrected chi connectivity index (χ4v) is 1.55. The molecule has 19 heavy (non-hydrogen) atoms. The lowest BCUT2D eigenvalue weighted by molar-refractivity contribution is 0.298. The van der Waals surface area contributed by atoms with Crippen LogP contribution < -0.4 is 9.47 Å². The predicted octanol–water partition coefficient (Wildman–Crippen LogP) is 4.50. The van der Waals surface area contributed by atoms with Gasteiger partial charge in [0.05, 0.1) is 6.61 Å². The van der Waals surface area contributed by atoms with Crippen molar-refractivity contribution in [2.45, 2.75) is 19.8 Å². The Hall–Kier alpha value is -1.96. The van der Waals surface area contributed by atoms with Gasteiger partial charge in [-0.1, -0.05) is 30.9 Å². The van der Waals surface area contributed by atoms with Crippen LogP contribution in [0.5, 0.6) is 11.5 Å². The molecule has 0 bridgehead atoms. The molecule has 0 spiro atoms. The molecule has 0 saturated heterocycles. The number of benzene rings is 1. The van der Waals surface area contributed by atoms with E-state index in [-0.39, 0.29) is 0 Å². The highest BCUT2D eigenvalue weighted by molar-refractivity contribution is 5.35. The Labute approximate surface area is 115 Å². The van der Waals surface area contributed by atoms with Crippen molar-refractivity contribution in [2.24, 2.45) is 5.92 Å². The summed E-state index contributed by atoms with van der Waals surface area (Å²) in [5.41, 5.74) is 0.964. The summed E-state index contributed by atoms with van der Waals surface area (Å²) in [7, 11) is 0. The quantitative estimate of drug-likeness (QED) is 0.528. The Morgan fingerprint density at radius 3 is 2.68 bits per heavy atom. The lowest BCUT2D eigenvalue weighted by atomic mass is 10.3. The van der Waals surface area contributed by atoms with E-state index in [1.165, 1.54) is 12.8 Å². The van der Waals surface area contributed by atoms with Gasteiger partial charge in [-0.05, 0) is 43.9 Å². The topological polar surface area (TPSA) is 18.5 Å². The van der Waals surface area contributed by atoms with Crippen LogP contribution in [0, 0.1) is 5.92 Å². The molecule has 2 heteroatoms. The standard InChI is InChI=1S/C17H20O2/c1-13(2)7-8-14(3)19-17-6-4-5-16(11-17)18-12-15-9-10-15/h4-8,11,15H,1,3,9-10,12H2,2H3/b8-7-. The van der Waals surface area contributed by atoms with Crippen LogP contribution in [-0.2, 0) is 0 Å². The molecular weight excluding hydrogens is 236 g/mol. The van der Waals surface area contributed by atoms with Gasteiger partial charge in [0.2, 0.25) is 0 Å². The smallest absolute Gasteiger partial charge is 0.131 e. The Morgan fingerprint density at radius 2 is 2.00 bits per heavy atom. The maximum absolute atomic E-state index is 5.71. The van der Waals surface area contributed by atoms with Crippen molar-refractivity contribution in [3.8, 4) is 11.5 Å². The van der Waals surface area contributed by atoms with E-state index < -0.39 is 0 Å². The highest BCUT2D eigenvalue weighted by Gasteiger charge is 2.21. The Morgan fingerprint density at radius 1 is 1.26 bits per heavy atom. The van der Waals surface area contributed by atoms with Crippen molar-refractivity contribution < 1.29 is 9.47 Å². The van der Waals surface area contributed by atoms with Gasteiger partial charge in [0, 0.05) is 6.07 Å². The van der Waals surface area contributed by atoms with Gasteiger partial charge in [-0.3, -0.25) is 0 Å². The minimum atomic E-state index is 0.586. The van der Waals surface area contributed by atoms with Crippen LogP contribution in [-0.4, -0.2) is 6.61 Å². The average Bonchev–Trinajstić information content (AvgIpc) is 3.18. The summed E-state index contributed by atoms with van der Waals surface area (Å²) in [6, 6.07) is 7.65. The zero-order valence-corrected chi connectivity index (χ0v) is 11.4. The molecule has 1 aliphatic rings. The van der Waals surface area contributed by atoms with Crippen LogP contribution in [0.25, 0.3) is 0 Å². The number of ether oxygens (including phenoxy) is 2. The van der Waals surface area contributed by atoms with Gasteiger partial charge in [-0.15, -0.1) is 0 Å². The minimum Gasteiger partial charge on any atom is -0.493 e. The molecule has 0 heterocycles. The molecule has 1 aromatic carbocycles. The van der Waals surface area contributed by atoms with E-state index in [0.717, 1.165) is 29.6 Å². The van der Waals surface area contributed by atoms with Gasteiger partial charge in [-0.2, -0.15) is 0 Å². The van der Waals surface area contributed by atoms with Crippen molar-refractivity contribution in [2.75, 3.05) is 6.61 Å². The third-order valence-electron chi connectivity index (χ3n) is 2.79. The van der Waals surface area contributed by atoms with E-state index >= 15 is 0 Å². The summed E-state index contributed by atoms with van der Waals surface area (Å²) in [5, 5.41) is 0. The van der Waals surface area contributed by atoms with Crippen molar-refractivity contribution in [1.82, 2.24) is 0 Å². The van der Waals surface area contributed by atoms with Crippen molar-refractivity contribution in [3.63, 3.8) is 0 Å². The van der Waals surface area contributed by atoms with Crippen LogP contribution in [0.1, 0.15) is 19.8 Å². The second kappa shape index (κ2) is 6.28. The average molecular weight is 256 g/mol. The van der Waals surface area contributed by atoms with E-state index in [4.69, 9.17) is 9.47 Å². The fourth-order valence-electron chi connectivity index (χ4n) is 1.55. The van der Waals surface area contributed by atoms with E-state index in [9.17, 15) is 0 Å². The summed E-state index contributed by atoms with van der Waals surface area (Å²) >= 11 is 0. The molecule has 0 aromatic heterocycles. The summed E-state index contributed by atoms with van der Waals surface area (Å²) in [5.74, 6) is 2.92. The van der Waals surface area contributed by atoms with E-state index in [1.807, 2.05) is 37.3 Å². The van der Waals surface area contributed by atoms with Gasteiger partial charge >= 0.3 is 0 Å². The number of allylic oxidation sites excluding steroid dienone is 3. The molecule has 2 nitrogen and oxygen atoms in total. The first kappa shape index (κ1) is 13.5. The largest absolute Gasteiger partial charge is 0.493 e. The molecule has 2 rings (SSSR count). The highest BCUT2D eigenvalue weighted by Crippen LogP contribution is 2.30. The van der Waals surface area contributed by atoms with Gasteiger partial charge in [0.15, 0.2) is 0 Å². The lowest BCUT2D eigenvalue weighted by Crippen LogP contribution is -1.99. The molecule has 0 amide bonds. The first-order valence-electron chi connectivity index (χ1n) is 6.56. The normalized spacial score (nSPS) is 14.4. The molecule has 1 fully saturated rings. The Kier molecular flexibility index (Phi) is 4.45. The molecule has 0 aliphatic heterocycles. The van der Waals surface area contributed by atoms with Gasteiger partial charge < -0.3 is 9.47 Å². The van der Waals surface area contributed by atoms with Crippen LogP contribution in [0.15, 0.2) is 60.9 Å². The highest BCUT2D eigenvalue weighted by atomic mass is 16.5. The van der Waals surface area contributed by atoms with Crippen LogP contribution in [0.2, 0.25) is 0 Å². The second-order valence-electron chi connectivity index (χ2n) is 4.98. The van der Waals surface area contributed by atoms with Crippen molar-refractivity contribution in [3.05, 3.63) is 60.9 Å². The lowest BCUT2D eigenvalue weighted by Gasteiger charge is -2.08. The van der Waals surface area contributed by atoms with E-state index in [1.54, 1.807) is 6.08 Å². The minimum absolute atomic E-state index is 0.586. The Balaban J connectivity index is 1.90. The van der Waals surface area contributed by atoms with Gasteiger partial charge in [0.1, 0.15) is 17.3 Å². The summed E-state index contributed by atoms with van der Waals surface area (Å²) in [4.78, 5) is 0. The second-order valence-corrected chi connectivity index (χ2v) is 4.98. The number of hydrogen-bond donors (Lipinski definition) is 0. The van der Waals surface area contributed by atoms with Crippen LogP contribution in [0.4, 0.5) is 0 Å². The third kappa shape index (κ3) is 5.04. The summed E-state index contributed by atoms with van der Waals surface area (Å²) in [6.45, 7) is 10.4. The molecule has 0 unspecified atom stereocenters. The molecule has 0 atom stereocenters. The van der Waals surface area contributed by atoms with E-state index in [2.05, 4.69) is 13.2 Å². The van der Waals surface area contributed by atoms with Crippen molar-refractivity contribution >= 4 is 0 Å². The van der Waals surface area contributed by atoms with Gasteiger partial charge in [-0.25, -0.2) is 0 Å². The van der Waals surface area contributed by atoms with Crippen LogP contribution >= 0.6 is 0 Å².